The molecule has 92 valence electrons. The maximum atomic E-state index is 6.29. The average Bonchev–Trinajstić information content (AvgIpc) is 3.01. The molecule has 0 aromatic heterocycles. The molecule has 2 bridgehead atoms. The van der Waals surface area contributed by atoms with Crippen LogP contribution in [0.1, 0.15) is 34.9 Å². The summed E-state index contributed by atoms with van der Waals surface area (Å²) in [6.07, 6.45) is 1.99. The highest BCUT2D eigenvalue weighted by Gasteiger charge is 2.55. The largest absolute Gasteiger partial charge is 0.335 e. The van der Waals surface area contributed by atoms with Gasteiger partial charge in [0.05, 0.1) is 5.71 Å². The molecule has 0 fully saturated rings. The lowest BCUT2D eigenvalue weighted by Gasteiger charge is -2.33. The number of fused-ring (bicyclic) bond motifs is 5. The number of aryl methyl sites for hydroxylation is 1. The molecule has 2 atom stereocenters. The Kier molecular flexibility index (Phi) is 1.64. The molecule has 0 saturated carbocycles. The van der Waals surface area contributed by atoms with Crippen LogP contribution in [0.2, 0.25) is 0 Å². The fraction of sp³-hybridized carbons (Fsp3) is 0.235. The van der Waals surface area contributed by atoms with Crippen LogP contribution in [0.25, 0.3) is 0 Å². The first kappa shape index (κ1) is 9.93. The molecule has 1 spiro atoms. The van der Waals surface area contributed by atoms with Crippen LogP contribution in [0.15, 0.2) is 53.5 Å². The van der Waals surface area contributed by atoms with Crippen LogP contribution < -0.4 is 0 Å². The molecule has 0 N–H and O–H groups in total. The molecule has 2 heteroatoms. The van der Waals surface area contributed by atoms with Crippen molar-refractivity contribution in [3.63, 3.8) is 0 Å². The molecule has 19 heavy (non-hydrogen) atoms. The SMILES string of the molecule is c1ccc2c(c1)CCC13OC(N=C21)c1ccccc13. The van der Waals surface area contributed by atoms with Crippen LogP contribution in [0.5, 0.6) is 0 Å². The van der Waals surface area contributed by atoms with Crippen LogP contribution in [-0.4, -0.2) is 5.71 Å². The van der Waals surface area contributed by atoms with Crippen molar-refractivity contribution in [2.24, 2.45) is 4.99 Å². The van der Waals surface area contributed by atoms with Crippen molar-refractivity contribution in [1.82, 2.24) is 0 Å². The second-order valence-electron chi connectivity index (χ2n) is 5.52. The van der Waals surface area contributed by atoms with E-state index >= 15 is 0 Å². The Balaban J connectivity index is 1.80. The first-order valence-electron chi connectivity index (χ1n) is 6.82. The summed E-state index contributed by atoms with van der Waals surface area (Å²) in [7, 11) is 0. The zero-order chi connectivity index (χ0) is 12.4. The highest BCUT2D eigenvalue weighted by molar-refractivity contribution is 6.11. The number of hydrogen-bond acceptors (Lipinski definition) is 2. The molecule has 1 aliphatic carbocycles. The van der Waals surface area contributed by atoms with Gasteiger partial charge in [-0.05, 0) is 24.0 Å². The van der Waals surface area contributed by atoms with Crippen molar-refractivity contribution < 1.29 is 4.74 Å². The van der Waals surface area contributed by atoms with Gasteiger partial charge in [-0.25, -0.2) is 4.99 Å². The van der Waals surface area contributed by atoms with Crippen LogP contribution in [0, 0.1) is 0 Å². The molecule has 2 aromatic rings. The Morgan fingerprint density at radius 1 is 1.05 bits per heavy atom. The highest BCUT2D eigenvalue weighted by Crippen LogP contribution is 2.55. The molecule has 2 nitrogen and oxygen atoms in total. The third-order valence-corrected chi connectivity index (χ3v) is 4.62. The van der Waals surface area contributed by atoms with Gasteiger partial charge in [0, 0.05) is 11.1 Å². The highest BCUT2D eigenvalue weighted by atomic mass is 16.5. The molecule has 3 aliphatic rings. The van der Waals surface area contributed by atoms with E-state index in [0.717, 1.165) is 18.6 Å². The van der Waals surface area contributed by atoms with Crippen LogP contribution in [-0.2, 0) is 16.8 Å². The van der Waals surface area contributed by atoms with Crippen molar-refractivity contribution in [3.05, 3.63) is 70.8 Å². The Labute approximate surface area is 111 Å². The van der Waals surface area contributed by atoms with Crippen LogP contribution in [0.3, 0.4) is 0 Å². The first-order chi connectivity index (χ1) is 9.38. The summed E-state index contributed by atoms with van der Waals surface area (Å²) >= 11 is 0. The normalized spacial score (nSPS) is 29.5. The molecule has 2 unspecified atom stereocenters. The first-order valence-corrected chi connectivity index (χ1v) is 6.82. The lowest BCUT2D eigenvalue weighted by atomic mass is 9.74. The van der Waals surface area contributed by atoms with Gasteiger partial charge in [-0.1, -0.05) is 48.5 Å². The van der Waals surface area contributed by atoms with E-state index in [1.54, 1.807) is 0 Å². The molecule has 2 aliphatic heterocycles. The summed E-state index contributed by atoms with van der Waals surface area (Å²) < 4.78 is 6.29. The third-order valence-electron chi connectivity index (χ3n) is 4.62. The van der Waals surface area contributed by atoms with Gasteiger partial charge in [0.2, 0.25) is 0 Å². The second kappa shape index (κ2) is 3.14. The van der Waals surface area contributed by atoms with Gasteiger partial charge in [0.15, 0.2) is 6.23 Å². The minimum atomic E-state index is -0.268. The Hall–Kier alpha value is -1.93. The van der Waals surface area contributed by atoms with Crippen LogP contribution >= 0.6 is 0 Å². The lowest BCUT2D eigenvalue weighted by molar-refractivity contribution is -0.00954. The van der Waals surface area contributed by atoms with Gasteiger partial charge in [0.25, 0.3) is 0 Å². The standard InChI is InChI=1S/C17H13NO/c1-2-6-12-11(5-1)9-10-17-14-8-4-3-7-13(14)16(19-17)18-15(12)17/h1-8,16H,9-10H2. The Bertz CT molecular complexity index is 734. The number of rotatable bonds is 0. The smallest absolute Gasteiger partial charge is 0.176 e. The topological polar surface area (TPSA) is 21.6 Å². The number of nitrogens with zero attached hydrogens (tertiary/aromatic N) is 1. The second-order valence-corrected chi connectivity index (χ2v) is 5.52. The van der Waals surface area contributed by atoms with E-state index < -0.39 is 0 Å². The van der Waals surface area contributed by atoms with Gasteiger partial charge in [-0.15, -0.1) is 0 Å². The summed E-state index contributed by atoms with van der Waals surface area (Å²) in [6, 6.07) is 17.1. The monoisotopic (exact) mass is 247 g/mol. The molecule has 0 radical (unpaired) electrons. The summed E-state index contributed by atoms with van der Waals surface area (Å²) in [5, 5.41) is 0. The predicted molar refractivity (Wildman–Crippen MR) is 73.2 cm³/mol. The maximum absolute atomic E-state index is 6.29. The minimum Gasteiger partial charge on any atom is -0.335 e. The van der Waals surface area contributed by atoms with E-state index in [1.165, 1.54) is 22.3 Å². The number of aliphatic imine (C=N–C) groups is 1. The number of benzene rings is 2. The number of hydrogen-bond donors (Lipinski definition) is 0. The summed E-state index contributed by atoms with van der Waals surface area (Å²) in [5.74, 6) is 0. The molecule has 0 saturated heterocycles. The molecule has 5 rings (SSSR count). The maximum Gasteiger partial charge on any atom is 0.176 e. The molecular formula is C17H13NO. The summed E-state index contributed by atoms with van der Waals surface area (Å²) in [5.41, 5.74) is 6.16. The third kappa shape index (κ3) is 1.05. The van der Waals surface area contributed by atoms with Gasteiger partial charge >= 0.3 is 0 Å². The predicted octanol–water partition coefficient (Wildman–Crippen LogP) is 3.36. The van der Waals surface area contributed by atoms with Crippen molar-refractivity contribution in [2.45, 2.75) is 24.7 Å². The molecule has 2 heterocycles. The fourth-order valence-electron chi connectivity index (χ4n) is 3.78. The molecule has 2 aromatic carbocycles. The lowest BCUT2D eigenvalue weighted by Crippen LogP contribution is -2.38. The fourth-order valence-corrected chi connectivity index (χ4v) is 3.78. The van der Waals surface area contributed by atoms with Crippen molar-refractivity contribution >= 4 is 5.71 Å². The van der Waals surface area contributed by atoms with Gasteiger partial charge in [0.1, 0.15) is 5.60 Å². The van der Waals surface area contributed by atoms with Crippen LogP contribution in [0.4, 0.5) is 0 Å². The zero-order valence-electron chi connectivity index (χ0n) is 10.5. The Morgan fingerprint density at radius 3 is 2.89 bits per heavy atom. The van der Waals surface area contributed by atoms with E-state index in [2.05, 4.69) is 48.5 Å². The zero-order valence-corrected chi connectivity index (χ0v) is 10.5. The van der Waals surface area contributed by atoms with Crippen molar-refractivity contribution in [3.8, 4) is 0 Å². The van der Waals surface area contributed by atoms with E-state index in [0.29, 0.717) is 0 Å². The summed E-state index contributed by atoms with van der Waals surface area (Å²) in [6.45, 7) is 0. The quantitative estimate of drug-likeness (QED) is 0.699. The van der Waals surface area contributed by atoms with E-state index in [9.17, 15) is 0 Å². The number of ether oxygens (including phenoxy) is 1. The molecular weight excluding hydrogens is 234 g/mol. The molecule has 0 amide bonds. The van der Waals surface area contributed by atoms with E-state index in [4.69, 9.17) is 9.73 Å². The van der Waals surface area contributed by atoms with Crippen molar-refractivity contribution in [1.29, 1.82) is 0 Å². The van der Waals surface area contributed by atoms with E-state index in [-0.39, 0.29) is 11.8 Å². The minimum absolute atomic E-state index is 0.0858. The van der Waals surface area contributed by atoms with Gasteiger partial charge < -0.3 is 4.74 Å². The Morgan fingerprint density at radius 2 is 1.89 bits per heavy atom. The van der Waals surface area contributed by atoms with Crippen molar-refractivity contribution in [2.75, 3.05) is 0 Å². The van der Waals surface area contributed by atoms with Gasteiger partial charge in [-0.3, -0.25) is 0 Å². The van der Waals surface area contributed by atoms with Gasteiger partial charge in [-0.2, -0.15) is 0 Å². The summed E-state index contributed by atoms with van der Waals surface area (Å²) in [4.78, 5) is 4.85. The van der Waals surface area contributed by atoms with E-state index in [1.807, 2.05) is 0 Å². The average molecular weight is 247 g/mol.